The van der Waals surface area contributed by atoms with Gasteiger partial charge in [0, 0.05) is 24.2 Å². The Morgan fingerprint density at radius 1 is 1.64 bits per heavy atom. The van der Waals surface area contributed by atoms with Crippen LogP contribution in [0.15, 0.2) is 12.4 Å². The number of carbonyl (C=O) groups is 1. The van der Waals surface area contributed by atoms with Crippen molar-refractivity contribution < 1.29 is 4.79 Å². The van der Waals surface area contributed by atoms with E-state index in [0.29, 0.717) is 0 Å². The van der Waals surface area contributed by atoms with Crippen molar-refractivity contribution in [2.24, 2.45) is 7.05 Å². The molecule has 0 aliphatic heterocycles. The molecular formula is C8H12N2O. The molecule has 11 heavy (non-hydrogen) atoms. The Balaban J connectivity index is 3.01. The summed E-state index contributed by atoms with van der Waals surface area (Å²) in [5.74, 6) is 0. The first-order valence-electron chi connectivity index (χ1n) is 3.52. The van der Waals surface area contributed by atoms with Gasteiger partial charge in [0.25, 0.3) is 0 Å². The molecule has 1 aromatic heterocycles. The third-order valence-corrected chi connectivity index (χ3v) is 1.74. The lowest BCUT2D eigenvalue weighted by atomic mass is 9.89. The average molecular weight is 152 g/mol. The fraction of sp³-hybridized carbons (Fsp3) is 0.500. The topological polar surface area (TPSA) is 34.9 Å². The predicted octanol–water partition coefficient (Wildman–Crippen LogP) is 0.897. The van der Waals surface area contributed by atoms with Crippen molar-refractivity contribution >= 4 is 6.29 Å². The number of aromatic nitrogens is 2. The van der Waals surface area contributed by atoms with Crippen LogP contribution in [0, 0.1) is 0 Å². The molecule has 0 spiro atoms. The number of carbonyl (C=O) groups excluding carboxylic acids is 1. The second kappa shape index (κ2) is 2.49. The SMILES string of the molecule is Cn1cc(C(C)(C)C=O)cn1. The molecule has 0 aromatic carbocycles. The molecule has 0 fully saturated rings. The van der Waals surface area contributed by atoms with Crippen molar-refractivity contribution in [2.75, 3.05) is 0 Å². The van der Waals surface area contributed by atoms with E-state index >= 15 is 0 Å². The van der Waals surface area contributed by atoms with Gasteiger partial charge in [-0.3, -0.25) is 4.68 Å². The highest BCUT2D eigenvalue weighted by atomic mass is 16.1. The van der Waals surface area contributed by atoms with E-state index in [1.54, 1.807) is 10.9 Å². The molecule has 0 saturated heterocycles. The zero-order chi connectivity index (χ0) is 8.48. The van der Waals surface area contributed by atoms with Crippen LogP contribution < -0.4 is 0 Å². The summed E-state index contributed by atoms with van der Waals surface area (Å²) in [5.41, 5.74) is 0.545. The van der Waals surface area contributed by atoms with Crippen molar-refractivity contribution in [3.05, 3.63) is 18.0 Å². The van der Waals surface area contributed by atoms with Gasteiger partial charge in [0.05, 0.1) is 6.20 Å². The van der Waals surface area contributed by atoms with E-state index in [4.69, 9.17) is 0 Å². The Morgan fingerprint density at radius 2 is 2.27 bits per heavy atom. The first-order chi connectivity index (χ1) is 5.06. The van der Waals surface area contributed by atoms with Gasteiger partial charge in [0.15, 0.2) is 0 Å². The smallest absolute Gasteiger partial charge is 0.130 e. The minimum Gasteiger partial charge on any atom is -0.302 e. The van der Waals surface area contributed by atoms with Gasteiger partial charge in [-0.1, -0.05) is 0 Å². The van der Waals surface area contributed by atoms with Crippen molar-refractivity contribution in [3.63, 3.8) is 0 Å². The van der Waals surface area contributed by atoms with Gasteiger partial charge in [-0.25, -0.2) is 0 Å². The summed E-state index contributed by atoms with van der Waals surface area (Å²) in [6.45, 7) is 3.74. The lowest BCUT2D eigenvalue weighted by molar-refractivity contribution is -0.111. The van der Waals surface area contributed by atoms with E-state index in [-0.39, 0.29) is 0 Å². The van der Waals surface area contributed by atoms with Gasteiger partial charge in [-0.2, -0.15) is 5.10 Å². The molecule has 1 aromatic rings. The molecule has 0 saturated carbocycles. The van der Waals surface area contributed by atoms with E-state index in [1.807, 2.05) is 27.1 Å². The summed E-state index contributed by atoms with van der Waals surface area (Å²) >= 11 is 0. The maximum atomic E-state index is 10.6. The zero-order valence-electron chi connectivity index (χ0n) is 7.03. The Hall–Kier alpha value is -1.12. The number of hydrogen-bond acceptors (Lipinski definition) is 2. The second-order valence-electron chi connectivity index (χ2n) is 3.24. The number of aldehydes is 1. The Bertz CT molecular complexity index is 263. The lowest BCUT2D eigenvalue weighted by Gasteiger charge is -2.12. The number of rotatable bonds is 2. The second-order valence-corrected chi connectivity index (χ2v) is 3.24. The molecule has 3 heteroatoms. The largest absolute Gasteiger partial charge is 0.302 e. The molecule has 0 N–H and O–H groups in total. The highest BCUT2D eigenvalue weighted by Crippen LogP contribution is 2.18. The summed E-state index contributed by atoms with van der Waals surface area (Å²) in [6, 6.07) is 0. The number of nitrogens with zero attached hydrogens (tertiary/aromatic N) is 2. The summed E-state index contributed by atoms with van der Waals surface area (Å²) in [6.07, 6.45) is 4.51. The maximum absolute atomic E-state index is 10.6. The number of hydrogen-bond donors (Lipinski definition) is 0. The fourth-order valence-corrected chi connectivity index (χ4v) is 0.822. The van der Waals surface area contributed by atoms with Crippen LogP contribution in [0.25, 0.3) is 0 Å². The van der Waals surface area contributed by atoms with Gasteiger partial charge in [0.1, 0.15) is 6.29 Å². The van der Waals surface area contributed by atoms with Crippen molar-refractivity contribution in [2.45, 2.75) is 19.3 Å². The normalized spacial score (nSPS) is 11.5. The Labute approximate surface area is 66.0 Å². The highest BCUT2D eigenvalue weighted by molar-refractivity contribution is 5.66. The van der Waals surface area contributed by atoms with Crippen LogP contribution in [0.1, 0.15) is 19.4 Å². The van der Waals surface area contributed by atoms with E-state index in [1.165, 1.54) is 0 Å². The van der Waals surface area contributed by atoms with Crippen molar-refractivity contribution in [3.8, 4) is 0 Å². The minimum absolute atomic E-state index is 0.408. The van der Waals surface area contributed by atoms with Gasteiger partial charge < -0.3 is 4.79 Å². The summed E-state index contributed by atoms with van der Waals surface area (Å²) < 4.78 is 1.70. The molecule has 1 rings (SSSR count). The van der Waals surface area contributed by atoms with Crippen molar-refractivity contribution in [1.82, 2.24) is 9.78 Å². The molecule has 0 aliphatic carbocycles. The van der Waals surface area contributed by atoms with Crippen LogP contribution in [0.5, 0.6) is 0 Å². The molecule has 0 atom stereocenters. The molecule has 0 amide bonds. The van der Waals surface area contributed by atoms with Gasteiger partial charge in [0.2, 0.25) is 0 Å². The first-order valence-corrected chi connectivity index (χ1v) is 3.52. The van der Waals surface area contributed by atoms with E-state index < -0.39 is 5.41 Å². The summed E-state index contributed by atoms with van der Waals surface area (Å²) in [5, 5.41) is 3.99. The molecule has 60 valence electrons. The first kappa shape index (κ1) is 7.98. The van der Waals surface area contributed by atoms with Crippen molar-refractivity contribution in [1.29, 1.82) is 0 Å². The Morgan fingerprint density at radius 3 is 2.64 bits per heavy atom. The standard InChI is InChI=1S/C8H12N2O/c1-8(2,6-11)7-4-9-10(3)5-7/h4-6H,1-3H3. The summed E-state index contributed by atoms with van der Waals surface area (Å²) in [4.78, 5) is 10.6. The minimum atomic E-state index is -0.408. The molecule has 0 radical (unpaired) electrons. The monoisotopic (exact) mass is 152 g/mol. The fourth-order valence-electron chi connectivity index (χ4n) is 0.822. The average Bonchev–Trinajstić information content (AvgIpc) is 2.36. The van der Waals surface area contributed by atoms with E-state index in [2.05, 4.69) is 5.10 Å². The van der Waals surface area contributed by atoms with Crippen LogP contribution >= 0.6 is 0 Å². The highest BCUT2D eigenvalue weighted by Gasteiger charge is 2.20. The quantitative estimate of drug-likeness (QED) is 0.590. The van der Waals surface area contributed by atoms with E-state index in [0.717, 1.165) is 11.8 Å². The third-order valence-electron chi connectivity index (χ3n) is 1.74. The molecule has 1 heterocycles. The van der Waals surface area contributed by atoms with Crippen LogP contribution in [-0.2, 0) is 17.3 Å². The van der Waals surface area contributed by atoms with Gasteiger partial charge in [-0.15, -0.1) is 0 Å². The molecule has 0 bridgehead atoms. The summed E-state index contributed by atoms with van der Waals surface area (Å²) in [7, 11) is 1.84. The van der Waals surface area contributed by atoms with Crippen LogP contribution in [-0.4, -0.2) is 16.1 Å². The zero-order valence-corrected chi connectivity index (χ0v) is 7.03. The van der Waals surface area contributed by atoms with Crippen LogP contribution in [0.2, 0.25) is 0 Å². The maximum Gasteiger partial charge on any atom is 0.130 e. The Kier molecular flexibility index (Phi) is 1.81. The molecule has 0 aliphatic rings. The molecule has 3 nitrogen and oxygen atoms in total. The van der Waals surface area contributed by atoms with Crippen LogP contribution in [0.3, 0.4) is 0 Å². The predicted molar refractivity (Wildman–Crippen MR) is 42.3 cm³/mol. The van der Waals surface area contributed by atoms with E-state index in [9.17, 15) is 4.79 Å². The molecular weight excluding hydrogens is 140 g/mol. The molecule has 0 unspecified atom stereocenters. The van der Waals surface area contributed by atoms with Crippen LogP contribution in [0.4, 0.5) is 0 Å². The van der Waals surface area contributed by atoms with Gasteiger partial charge in [-0.05, 0) is 13.8 Å². The number of aryl methyl sites for hydroxylation is 1. The third kappa shape index (κ3) is 1.48. The lowest BCUT2D eigenvalue weighted by Crippen LogP contribution is -2.17. The van der Waals surface area contributed by atoms with Gasteiger partial charge >= 0.3 is 0 Å².